The first-order valence-electron chi connectivity index (χ1n) is 11.1. The number of morpholine rings is 1. The van der Waals surface area contributed by atoms with Gasteiger partial charge >= 0.3 is 5.97 Å². The van der Waals surface area contributed by atoms with Crippen LogP contribution in [0.5, 0.6) is 0 Å². The van der Waals surface area contributed by atoms with E-state index in [0.29, 0.717) is 63.3 Å². The van der Waals surface area contributed by atoms with Crippen molar-refractivity contribution in [3.63, 3.8) is 0 Å². The largest absolute Gasteiger partial charge is 0.481 e. The maximum atomic E-state index is 13.3. The summed E-state index contributed by atoms with van der Waals surface area (Å²) in [5.74, 6) is -1.92. The SMILES string of the molecule is CC(C(C(=O)O)c1nn(Cc2nc3cc(Cl)c(Cl)cc3s2)c(=O)c2ccccc12)N1CCOCC1. The quantitative estimate of drug-likeness (QED) is 0.396. The Kier molecular flexibility index (Phi) is 6.78. The van der Waals surface area contributed by atoms with Crippen molar-refractivity contribution < 1.29 is 14.6 Å². The Bertz CT molecular complexity index is 1440. The summed E-state index contributed by atoms with van der Waals surface area (Å²) in [6.45, 7) is 4.37. The zero-order valence-electron chi connectivity index (χ0n) is 18.8. The highest BCUT2D eigenvalue weighted by Gasteiger charge is 2.35. The van der Waals surface area contributed by atoms with Gasteiger partial charge in [-0.05, 0) is 25.1 Å². The third kappa shape index (κ3) is 4.66. The molecule has 2 aromatic heterocycles. The van der Waals surface area contributed by atoms with Crippen molar-refractivity contribution in [2.45, 2.75) is 25.4 Å². The lowest BCUT2D eigenvalue weighted by molar-refractivity contribution is -0.141. The Morgan fingerprint density at radius 2 is 1.86 bits per heavy atom. The Morgan fingerprint density at radius 1 is 1.17 bits per heavy atom. The minimum atomic E-state index is -0.990. The van der Waals surface area contributed by atoms with E-state index < -0.39 is 11.9 Å². The van der Waals surface area contributed by atoms with Gasteiger partial charge in [-0.15, -0.1) is 11.3 Å². The molecule has 0 aliphatic carbocycles. The predicted molar refractivity (Wildman–Crippen MR) is 137 cm³/mol. The van der Waals surface area contributed by atoms with Crippen LogP contribution in [0.1, 0.15) is 23.5 Å². The molecule has 0 bridgehead atoms. The van der Waals surface area contributed by atoms with E-state index in [2.05, 4.69) is 15.0 Å². The first-order chi connectivity index (χ1) is 16.8. The molecule has 5 rings (SSSR count). The van der Waals surface area contributed by atoms with Crippen molar-refractivity contribution in [2.75, 3.05) is 26.3 Å². The summed E-state index contributed by atoms with van der Waals surface area (Å²) in [5.41, 5.74) is 0.736. The van der Waals surface area contributed by atoms with Gasteiger partial charge in [0.25, 0.3) is 5.56 Å². The number of hydrogen-bond acceptors (Lipinski definition) is 7. The molecule has 2 unspecified atom stereocenters. The van der Waals surface area contributed by atoms with E-state index in [-0.39, 0.29) is 18.1 Å². The van der Waals surface area contributed by atoms with Gasteiger partial charge in [-0.2, -0.15) is 5.10 Å². The summed E-state index contributed by atoms with van der Waals surface area (Å²) in [7, 11) is 0. The van der Waals surface area contributed by atoms with Crippen LogP contribution in [0.2, 0.25) is 10.0 Å². The average molecular weight is 533 g/mol. The molecule has 1 fully saturated rings. The van der Waals surface area contributed by atoms with Crippen LogP contribution in [-0.2, 0) is 16.1 Å². The molecule has 182 valence electrons. The zero-order chi connectivity index (χ0) is 24.7. The first-order valence-corrected chi connectivity index (χ1v) is 12.7. The highest BCUT2D eigenvalue weighted by Crippen LogP contribution is 2.32. The normalized spacial score (nSPS) is 16.5. The van der Waals surface area contributed by atoms with Gasteiger partial charge < -0.3 is 9.84 Å². The first kappa shape index (κ1) is 24.1. The van der Waals surface area contributed by atoms with Crippen LogP contribution in [0, 0.1) is 0 Å². The molecule has 3 heterocycles. The minimum absolute atomic E-state index is 0.101. The number of nitrogens with zero attached hydrogens (tertiary/aromatic N) is 4. The maximum absolute atomic E-state index is 13.3. The van der Waals surface area contributed by atoms with E-state index >= 15 is 0 Å². The number of ether oxygens (including phenoxy) is 1. The minimum Gasteiger partial charge on any atom is -0.481 e. The van der Waals surface area contributed by atoms with Gasteiger partial charge in [0.05, 0.1) is 51.1 Å². The van der Waals surface area contributed by atoms with Crippen LogP contribution < -0.4 is 5.56 Å². The van der Waals surface area contributed by atoms with Gasteiger partial charge in [-0.1, -0.05) is 41.4 Å². The molecule has 1 N–H and O–H groups in total. The lowest BCUT2D eigenvalue weighted by atomic mass is 9.92. The van der Waals surface area contributed by atoms with Crippen molar-refractivity contribution in [2.24, 2.45) is 0 Å². The molecule has 0 spiro atoms. The van der Waals surface area contributed by atoms with Crippen molar-refractivity contribution in [3.8, 4) is 0 Å². The van der Waals surface area contributed by atoms with Crippen LogP contribution in [0.25, 0.3) is 21.0 Å². The number of rotatable bonds is 6. The maximum Gasteiger partial charge on any atom is 0.314 e. The van der Waals surface area contributed by atoms with E-state index in [1.165, 1.54) is 16.0 Å². The smallest absolute Gasteiger partial charge is 0.314 e. The van der Waals surface area contributed by atoms with Crippen LogP contribution in [-0.4, -0.2) is 63.1 Å². The fourth-order valence-electron chi connectivity index (χ4n) is 4.51. The average Bonchev–Trinajstić information content (AvgIpc) is 3.23. The number of benzene rings is 2. The van der Waals surface area contributed by atoms with E-state index in [0.717, 1.165) is 4.70 Å². The second kappa shape index (κ2) is 9.83. The molecule has 4 aromatic rings. The molecule has 2 atom stereocenters. The Labute approximate surface area is 214 Å². The lowest BCUT2D eigenvalue weighted by Crippen LogP contribution is -2.47. The highest BCUT2D eigenvalue weighted by molar-refractivity contribution is 7.18. The molecule has 35 heavy (non-hydrogen) atoms. The van der Waals surface area contributed by atoms with Gasteiger partial charge in [-0.3, -0.25) is 14.5 Å². The molecule has 1 aliphatic heterocycles. The summed E-state index contributed by atoms with van der Waals surface area (Å²) in [4.78, 5) is 32.6. The van der Waals surface area contributed by atoms with Gasteiger partial charge in [-0.25, -0.2) is 9.67 Å². The third-order valence-corrected chi connectivity index (χ3v) is 8.05. The molecule has 0 radical (unpaired) electrons. The summed E-state index contributed by atoms with van der Waals surface area (Å²) >= 11 is 13.6. The monoisotopic (exact) mass is 532 g/mol. The van der Waals surface area contributed by atoms with Crippen LogP contribution in [0.4, 0.5) is 0 Å². The van der Waals surface area contributed by atoms with Gasteiger partial charge in [0.15, 0.2) is 0 Å². The number of fused-ring (bicyclic) bond motifs is 2. The Hall–Kier alpha value is -2.56. The third-order valence-electron chi connectivity index (χ3n) is 6.32. The summed E-state index contributed by atoms with van der Waals surface area (Å²) in [6.07, 6.45) is 0. The molecule has 0 amide bonds. The standard InChI is InChI=1S/C24H22Cl2N4O4S/c1-13(29-6-8-34-9-7-29)21(24(32)33)22-14-4-2-3-5-15(14)23(31)30(28-22)12-20-27-18-10-16(25)17(26)11-19(18)35-20/h2-5,10-11,13,21H,6-9,12H2,1H3,(H,32,33). The molecule has 0 saturated carbocycles. The zero-order valence-corrected chi connectivity index (χ0v) is 21.1. The summed E-state index contributed by atoms with van der Waals surface area (Å²) < 4.78 is 7.58. The Morgan fingerprint density at radius 3 is 2.57 bits per heavy atom. The van der Waals surface area contributed by atoms with E-state index in [1.807, 2.05) is 6.92 Å². The number of carbonyl (C=O) groups is 1. The predicted octanol–water partition coefficient (Wildman–Crippen LogP) is 4.25. The topological polar surface area (TPSA) is 97.5 Å². The number of carboxylic acid groups (broad SMARTS) is 1. The van der Waals surface area contributed by atoms with Crippen LogP contribution in [0.15, 0.2) is 41.2 Å². The molecule has 1 aliphatic rings. The molecule has 2 aromatic carbocycles. The van der Waals surface area contributed by atoms with Gasteiger partial charge in [0, 0.05) is 24.5 Å². The fourth-order valence-corrected chi connectivity index (χ4v) is 5.87. The lowest BCUT2D eigenvalue weighted by Gasteiger charge is -2.35. The van der Waals surface area contributed by atoms with Gasteiger partial charge in [0.2, 0.25) is 0 Å². The molecular weight excluding hydrogens is 511 g/mol. The number of aliphatic carboxylic acids is 1. The van der Waals surface area contributed by atoms with Crippen LogP contribution in [0.3, 0.4) is 0 Å². The number of aromatic nitrogens is 3. The number of hydrogen-bond donors (Lipinski definition) is 1. The van der Waals surface area contributed by atoms with Crippen molar-refractivity contribution in [1.82, 2.24) is 19.7 Å². The molecule has 8 nitrogen and oxygen atoms in total. The highest BCUT2D eigenvalue weighted by atomic mass is 35.5. The van der Waals surface area contributed by atoms with E-state index in [9.17, 15) is 14.7 Å². The molecular formula is C24H22Cl2N4O4S. The number of thiazole rings is 1. The van der Waals surface area contributed by atoms with Gasteiger partial charge in [0.1, 0.15) is 10.9 Å². The second-order valence-corrected chi connectivity index (χ2v) is 10.4. The fraction of sp³-hybridized carbons (Fsp3) is 0.333. The van der Waals surface area contributed by atoms with Crippen LogP contribution >= 0.6 is 34.5 Å². The number of carboxylic acids is 1. The summed E-state index contributed by atoms with van der Waals surface area (Å²) in [6, 6.07) is 10.1. The number of halogens is 2. The Balaban J connectivity index is 1.61. The molecule has 1 saturated heterocycles. The van der Waals surface area contributed by atoms with Crippen molar-refractivity contribution in [1.29, 1.82) is 0 Å². The molecule has 11 heteroatoms. The van der Waals surface area contributed by atoms with E-state index in [1.54, 1.807) is 36.4 Å². The second-order valence-electron chi connectivity index (χ2n) is 8.44. The van der Waals surface area contributed by atoms with Crippen molar-refractivity contribution >= 4 is 61.5 Å². The van der Waals surface area contributed by atoms with Crippen molar-refractivity contribution in [3.05, 3.63) is 67.5 Å². The summed E-state index contributed by atoms with van der Waals surface area (Å²) in [5, 5.41) is 17.3. The van der Waals surface area contributed by atoms with E-state index in [4.69, 9.17) is 27.9 Å².